The molecule has 0 fully saturated rings. The van der Waals surface area contributed by atoms with Crippen molar-refractivity contribution in [1.82, 2.24) is 14.8 Å². The predicted molar refractivity (Wildman–Crippen MR) is 65.3 cm³/mol. The fourth-order valence-electron chi connectivity index (χ4n) is 2.65. The Balaban J connectivity index is 1.83. The summed E-state index contributed by atoms with van der Waals surface area (Å²) in [6.45, 7) is 0. The molecule has 1 aliphatic rings. The van der Waals surface area contributed by atoms with E-state index < -0.39 is 0 Å². The van der Waals surface area contributed by atoms with Crippen LogP contribution in [0.1, 0.15) is 23.0 Å². The Hall–Kier alpha value is -1.68. The Bertz CT molecular complexity index is 532. The van der Waals surface area contributed by atoms with Gasteiger partial charge in [0.05, 0.1) is 0 Å². The first-order chi connectivity index (χ1) is 8.25. The number of hydrogen-bond acceptors (Lipinski definition) is 3. The van der Waals surface area contributed by atoms with Gasteiger partial charge in [0.1, 0.15) is 12.2 Å². The third kappa shape index (κ3) is 1.74. The maximum absolute atomic E-state index is 6.30. The van der Waals surface area contributed by atoms with Gasteiger partial charge in [0.2, 0.25) is 0 Å². The number of nitrogens with two attached hydrogens (primary N) is 1. The lowest BCUT2D eigenvalue weighted by Crippen LogP contribution is -2.20. The van der Waals surface area contributed by atoms with Crippen LogP contribution >= 0.6 is 0 Å². The molecule has 1 aromatic heterocycles. The second kappa shape index (κ2) is 3.96. The highest BCUT2D eigenvalue weighted by Gasteiger charge is 2.30. The molecule has 0 amide bonds. The van der Waals surface area contributed by atoms with Crippen molar-refractivity contribution < 1.29 is 0 Å². The molecule has 2 atom stereocenters. The molecule has 0 saturated carbocycles. The van der Waals surface area contributed by atoms with E-state index in [1.165, 1.54) is 11.1 Å². The van der Waals surface area contributed by atoms with Gasteiger partial charge in [0.25, 0.3) is 0 Å². The lowest BCUT2D eigenvalue weighted by Gasteiger charge is -2.15. The fourth-order valence-corrected chi connectivity index (χ4v) is 2.65. The van der Waals surface area contributed by atoms with Gasteiger partial charge in [-0.25, -0.2) is 4.98 Å². The molecule has 17 heavy (non-hydrogen) atoms. The highest BCUT2D eigenvalue weighted by molar-refractivity contribution is 5.35. The summed E-state index contributed by atoms with van der Waals surface area (Å²) < 4.78 is 1.83. The summed E-state index contributed by atoms with van der Waals surface area (Å²) >= 11 is 0. The van der Waals surface area contributed by atoms with Gasteiger partial charge in [-0.1, -0.05) is 24.3 Å². The van der Waals surface area contributed by atoms with Crippen molar-refractivity contribution in [3.63, 3.8) is 0 Å². The SMILES string of the molecule is Cn1ncnc1CC1Cc2ccccc2C1N. The van der Waals surface area contributed by atoms with Crippen molar-refractivity contribution in [2.75, 3.05) is 0 Å². The fraction of sp³-hybridized carbons (Fsp3) is 0.385. The van der Waals surface area contributed by atoms with Crippen LogP contribution in [-0.4, -0.2) is 14.8 Å². The van der Waals surface area contributed by atoms with Gasteiger partial charge in [-0.3, -0.25) is 4.68 Å². The summed E-state index contributed by atoms with van der Waals surface area (Å²) in [4.78, 5) is 4.27. The minimum atomic E-state index is 0.128. The van der Waals surface area contributed by atoms with Crippen LogP contribution in [0.4, 0.5) is 0 Å². The Morgan fingerprint density at radius 1 is 1.41 bits per heavy atom. The molecule has 0 saturated heterocycles. The van der Waals surface area contributed by atoms with Crippen LogP contribution in [0, 0.1) is 5.92 Å². The largest absolute Gasteiger partial charge is 0.324 e. The van der Waals surface area contributed by atoms with Gasteiger partial charge in [-0.15, -0.1) is 0 Å². The summed E-state index contributed by atoms with van der Waals surface area (Å²) in [6.07, 6.45) is 3.54. The smallest absolute Gasteiger partial charge is 0.138 e. The molecule has 2 unspecified atom stereocenters. The predicted octanol–water partition coefficient (Wildman–Crippen LogP) is 1.23. The van der Waals surface area contributed by atoms with Crippen molar-refractivity contribution in [3.8, 4) is 0 Å². The van der Waals surface area contributed by atoms with E-state index in [1.807, 2.05) is 11.7 Å². The number of hydrogen-bond donors (Lipinski definition) is 1. The molecule has 1 heterocycles. The zero-order chi connectivity index (χ0) is 11.8. The highest BCUT2D eigenvalue weighted by atomic mass is 15.3. The summed E-state index contributed by atoms with van der Waals surface area (Å²) in [5.41, 5.74) is 8.97. The zero-order valence-corrected chi connectivity index (χ0v) is 9.87. The molecule has 0 spiro atoms. The second-order valence-electron chi connectivity index (χ2n) is 4.69. The molecular weight excluding hydrogens is 212 g/mol. The molecule has 4 heteroatoms. The Kier molecular flexibility index (Phi) is 2.44. The van der Waals surface area contributed by atoms with Crippen LogP contribution < -0.4 is 5.73 Å². The third-order valence-corrected chi connectivity index (χ3v) is 3.65. The Morgan fingerprint density at radius 2 is 2.24 bits per heavy atom. The molecule has 0 radical (unpaired) electrons. The number of fused-ring (bicyclic) bond motifs is 1. The van der Waals surface area contributed by atoms with Gasteiger partial charge in [0, 0.05) is 19.5 Å². The zero-order valence-electron chi connectivity index (χ0n) is 9.87. The van der Waals surface area contributed by atoms with Crippen LogP contribution in [0.3, 0.4) is 0 Å². The number of nitrogens with zero attached hydrogens (tertiary/aromatic N) is 3. The van der Waals surface area contributed by atoms with E-state index in [9.17, 15) is 0 Å². The number of aryl methyl sites for hydroxylation is 1. The van der Waals surface area contributed by atoms with E-state index in [0.29, 0.717) is 5.92 Å². The topological polar surface area (TPSA) is 56.7 Å². The molecule has 1 aromatic carbocycles. The van der Waals surface area contributed by atoms with E-state index in [0.717, 1.165) is 18.7 Å². The second-order valence-corrected chi connectivity index (χ2v) is 4.69. The van der Waals surface area contributed by atoms with Crippen molar-refractivity contribution in [1.29, 1.82) is 0 Å². The van der Waals surface area contributed by atoms with Crippen LogP contribution in [0.2, 0.25) is 0 Å². The van der Waals surface area contributed by atoms with Gasteiger partial charge in [-0.05, 0) is 23.5 Å². The minimum absolute atomic E-state index is 0.128. The van der Waals surface area contributed by atoms with E-state index in [-0.39, 0.29) is 6.04 Å². The lowest BCUT2D eigenvalue weighted by atomic mass is 9.97. The highest BCUT2D eigenvalue weighted by Crippen LogP contribution is 2.35. The van der Waals surface area contributed by atoms with Crippen molar-refractivity contribution >= 4 is 0 Å². The Labute approximate surface area is 100 Å². The van der Waals surface area contributed by atoms with Crippen LogP contribution in [0.5, 0.6) is 0 Å². The number of rotatable bonds is 2. The normalized spacial score (nSPS) is 22.7. The van der Waals surface area contributed by atoms with Gasteiger partial charge >= 0.3 is 0 Å². The monoisotopic (exact) mass is 228 g/mol. The van der Waals surface area contributed by atoms with Crippen molar-refractivity contribution in [3.05, 3.63) is 47.5 Å². The lowest BCUT2D eigenvalue weighted by molar-refractivity contribution is 0.445. The van der Waals surface area contributed by atoms with E-state index >= 15 is 0 Å². The first-order valence-corrected chi connectivity index (χ1v) is 5.92. The van der Waals surface area contributed by atoms with Crippen molar-refractivity contribution in [2.45, 2.75) is 18.9 Å². The summed E-state index contributed by atoms with van der Waals surface area (Å²) in [5, 5.41) is 4.10. The Morgan fingerprint density at radius 3 is 2.94 bits per heavy atom. The average Bonchev–Trinajstić information content (AvgIpc) is 2.87. The van der Waals surface area contributed by atoms with Gasteiger partial charge in [0.15, 0.2) is 0 Å². The van der Waals surface area contributed by atoms with Gasteiger partial charge in [-0.2, -0.15) is 5.10 Å². The maximum atomic E-state index is 6.30. The summed E-state index contributed by atoms with van der Waals surface area (Å²) in [6, 6.07) is 8.57. The van der Waals surface area contributed by atoms with Crippen LogP contribution in [0.25, 0.3) is 0 Å². The quantitative estimate of drug-likeness (QED) is 0.841. The van der Waals surface area contributed by atoms with Crippen LogP contribution in [-0.2, 0) is 19.9 Å². The third-order valence-electron chi connectivity index (χ3n) is 3.65. The molecule has 2 aromatic rings. The summed E-state index contributed by atoms with van der Waals surface area (Å²) in [7, 11) is 1.93. The number of aromatic nitrogens is 3. The van der Waals surface area contributed by atoms with E-state index in [2.05, 4.69) is 34.3 Å². The molecule has 88 valence electrons. The van der Waals surface area contributed by atoms with Crippen molar-refractivity contribution in [2.24, 2.45) is 18.7 Å². The summed E-state index contributed by atoms with van der Waals surface area (Å²) in [5.74, 6) is 1.45. The first-order valence-electron chi connectivity index (χ1n) is 5.92. The van der Waals surface area contributed by atoms with E-state index in [1.54, 1.807) is 6.33 Å². The minimum Gasteiger partial charge on any atom is -0.324 e. The molecule has 1 aliphatic carbocycles. The standard InChI is InChI=1S/C13H16N4/c1-17-12(15-8-16-17)7-10-6-9-4-2-3-5-11(9)13(10)14/h2-5,8,10,13H,6-7,14H2,1H3. The van der Waals surface area contributed by atoms with E-state index in [4.69, 9.17) is 5.73 Å². The van der Waals surface area contributed by atoms with Gasteiger partial charge < -0.3 is 5.73 Å². The molecule has 0 aliphatic heterocycles. The molecular formula is C13H16N4. The maximum Gasteiger partial charge on any atom is 0.138 e. The molecule has 0 bridgehead atoms. The number of benzene rings is 1. The first kappa shape index (κ1) is 10.5. The molecule has 4 nitrogen and oxygen atoms in total. The molecule has 2 N–H and O–H groups in total. The molecule has 3 rings (SSSR count). The van der Waals surface area contributed by atoms with Crippen LogP contribution in [0.15, 0.2) is 30.6 Å². The average molecular weight is 228 g/mol.